The van der Waals surface area contributed by atoms with Gasteiger partial charge in [-0.05, 0) is 37.9 Å². The number of rotatable bonds is 6. The van der Waals surface area contributed by atoms with Crippen LogP contribution in [0.1, 0.15) is 50.6 Å². The summed E-state index contributed by atoms with van der Waals surface area (Å²) in [5.41, 5.74) is 2.05. The summed E-state index contributed by atoms with van der Waals surface area (Å²) in [5.74, 6) is 0. The van der Waals surface area contributed by atoms with Crippen molar-refractivity contribution in [2.45, 2.75) is 50.7 Å². The molecule has 0 spiro atoms. The van der Waals surface area contributed by atoms with Crippen LogP contribution in [0.4, 0.5) is 5.69 Å². The van der Waals surface area contributed by atoms with E-state index in [2.05, 4.69) is 48.5 Å². The van der Waals surface area contributed by atoms with Crippen LogP contribution in [0.2, 0.25) is 0 Å². The van der Waals surface area contributed by atoms with Gasteiger partial charge in [0, 0.05) is 25.3 Å². The largest absolute Gasteiger partial charge is 0.388 e. The smallest absolute Gasteiger partial charge is 0.0821 e. The van der Waals surface area contributed by atoms with Crippen molar-refractivity contribution in [2.75, 3.05) is 25.5 Å². The topological polar surface area (TPSA) is 35.5 Å². The second-order valence-electron chi connectivity index (χ2n) is 6.10. The summed E-state index contributed by atoms with van der Waals surface area (Å²) in [4.78, 5) is 2.22. The first-order valence-electron chi connectivity index (χ1n) is 7.79. The molecule has 1 aromatic carbocycles. The Morgan fingerprint density at radius 1 is 1.30 bits per heavy atom. The second kappa shape index (κ2) is 6.59. The molecule has 1 saturated carbocycles. The first-order valence-corrected chi connectivity index (χ1v) is 7.79. The molecule has 0 saturated heterocycles. The Labute approximate surface area is 123 Å². The van der Waals surface area contributed by atoms with Gasteiger partial charge in [-0.15, -0.1) is 0 Å². The highest BCUT2D eigenvalue weighted by atomic mass is 16.3. The Balaban J connectivity index is 2.18. The maximum atomic E-state index is 10.6. The number of anilines is 1. The predicted molar refractivity (Wildman–Crippen MR) is 85.2 cm³/mol. The number of hydrogen-bond donors (Lipinski definition) is 2. The average Bonchev–Trinajstić information content (AvgIpc) is 2.87. The summed E-state index contributed by atoms with van der Waals surface area (Å²) < 4.78 is 0. The van der Waals surface area contributed by atoms with Gasteiger partial charge in [-0.3, -0.25) is 0 Å². The van der Waals surface area contributed by atoms with E-state index in [1.807, 2.05) is 7.05 Å². The van der Waals surface area contributed by atoms with Gasteiger partial charge in [0.1, 0.15) is 0 Å². The van der Waals surface area contributed by atoms with Gasteiger partial charge in [-0.2, -0.15) is 0 Å². The fourth-order valence-corrected chi connectivity index (χ4v) is 3.43. The second-order valence-corrected chi connectivity index (χ2v) is 6.10. The molecule has 2 rings (SSSR count). The van der Waals surface area contributed by atoms with Crippen LogP contribution in [0.15, 0.2) is 24.3 Å². The third kappa shape index (κ3) is 3.33. The molecule has 3 nitrogen and oxygen atoms in total. The zero-order chi connectivity index (χ0) is 14.6. The lowest BCUT2D eigenvalue weighted by molar-refractivity contribution is 0.0559. The molecule has 0 radical (unpaired) electrons. The minimum absolute atomic E-state index is 0.367. The van der Waals surface area contributed by atoms with Crippen molar-refractivity contribution in [3.05, 3.63) is 29.8 Å². The van der Waals surface area contributed by atoms with Gasteiger partial charge in [-0.25, -0.2) is 0 Å². The van der Waals surface area contributed by atoms with Crippen molar-refractivity contribution >= 4 is 5.69 Å². The maximum absolute atomic E-state index is 10.6. The fraction of sp³-hybridized carbons (Fsp3) is 0.647. The van der Waals surface area contributed by atoms with Crippen molar-refractivity contribution in [3.63, 3.8) is 0 Å². The van der Waals surface area contributed by atoms with E-state index in [9.17, 15) is 5.11 Å². The van der Waals surface area contributed by atoms with Gasteiger partial charge in [0.25, 0.3) is 0 Å². The summed E-state index contributed by atoms with van der Waals surface area (Å²) in [5, 5.41) is 14.0. The number of nitrogens with zero attached hydrogens (tertiary/aromatic N) is 1. The van der Waals surface area contributed by atoms with Gasteiger partial charge in [0.2, 0.25) is 0 Å². The molecule has 1 aliphatic rings. The number of hydrogen-bond acceptors (Lipinski definition) is 3. The van der Waals surface area contributed by atoms with Crippen molar-refractivity contribution in [1.29, 1.82) is 0 Å². The van der Waals surface area contributed by atoms with Crippen molar-refractivity contribution < 1.29 is 5.11 Å². The molecule has 112 valence electrons. The van der Waals surface area contributed by atoms with E-state index in [4.69, 9.17) is 0 Å². The molecule has 2 N–H and O–H groups in total. The number of benzene rings is 1. The summed E-state index contributed by atoms with van der Waals surface area (Å²) in [6.07, 6.45) is 5.23. The average molecular weight is 276 g/mol. The SMILES string of the molecule is CCC(NC)c1ccccc1N(C)CC1(O)CCCC1. The first-order chi connectivity index (χ1) is 9.59. The Hall–Kier alpha value is -1.06. The Kier molecular flexibility index (Phi) is 5.06. The van der Waals surface area contributed by atoms with E-state index in [1.54, 1.807) is 0 Å². The molecule has 0 heterocycles. The third-order valence-electron chi connectivity index (χ3n) is 4.55. The predicted octanol–water partition coefficient (Wildman–Crippen LogP) is 3.10. The highest BCUT2D eigenvalue weighted by molar-refractivity contribution is 5.54. The van der Waals surface area contributed by atoms with Crippen LogP contribution < -0.4 is 10.2 Å². The quantitative estimate of drug-likeness (QED) is 0.838. The van der Waals surface area contributed by atoms with Crippen LogP contribution in [-0.2, 0) is 0 Å². The molecule has 1 aliphatic carbocycles. The minimum Gasteiger partial charge on any atom is -0.388 e. The molecule has 0 amide bonds. The van der Waals surface area contributed by atoms with E-state index in [-0.39, 0.29) is 0 Å². The summed E-state index contributed by atoms with van der Waals surface area (Å²) in [7, 11) is 4.10. The Bertz CT molecular complexity index is 423. The number of nitrogens with one attached hydrogen (secondary N) is 1. The lowest BCUT2D eigenvalue weighted by atomic mass is 9.98. The lowest BCUT2D eigenvalue weighted by Crippen LogP contribution is -2.39. The first kappa shape index (κ1) is 15.3. The number of likely N-dealkylation sites (N-methyl/N-ethyl adjacent to an activating group) is 1. The molecule has 1 fully saturated rings. The van der Waals surface area contributed by atoms with Crippen LogP contribution in [0, 0.1) is 0 Å². The molecular weight excluding hydrogens is 248 g/mol. The lowest BCUT2D eigenvalue weighted by Gasteiger charge is -2.32. The fourth-order valence-electron chi connectivity index (χ4n) is 3.43. The van der Waals surface area contributed by atoms with Gasteiger partial charge < -0.3 is 15.3 Å². The van der Waals surface area contributed by atoms with Crippen molar-refractivity contribution in [1.82, 2.24) is 5.32 Å². The van der Waals surface area contributed by atoms with Crippen LogP contribution in [0.3, 0.4) is 0 Å². The highest BCUT2D eigenvalue weighted by Gasteiger charge is 2.32. The molecule has 0 bridgehead atoms. The molecule has 1 aromatic rings. The summed E-state index contributed by atoms with van der Waals surface area (Å²) >= 11 is 0. The molecule has 1 atom stereocenters. The minimum atomic E-state index is -0.497. The van der Waals surface area contributed by atoms with E-state index < -0.39 is 5.60 Å². The maximum Gasteiger partial charge on any atom is 0.0821 e. The van der Waals surface area contributed by atoms with Crippen LogP contribution >= 0.6 is 0 Å². The number of para-hydroxylation sites is 1. The van der Waals surface area contributed by atoms with E-state index in [1.165, 1.54) is 11.3 Å². The van der Waals surface area contributed by atoms with Crippen LogP contribution in [-0.4, -0.2) is 31.3 Å². The van der Waals surface area contributed by atoms with Gasteiger partial charge >= 0.3 is 0 Å². The van der Waals surface area contributed by atoms with E-state index in [0.717, 1.165) is 38.6 Å². The van der Waals surface area contributed by atoms with Crippen molar-refractivity contribution in [3.8, 4) is 0 Å². The zero-order valence-corrected chi connectivity index (χ0v) is 13.0. The molecular formula is C17H28N2O. The van der Waals surface area contributed by atoms with Gasteiger partial charge in [0.05, 0.1) is 5.60 Å². The highest BCUT2D eigenvalue weighted by Crippen LogP contribution is 2.33. The summed E-state index contributed by atoms with van der Waals surface area (Å²) in [6.45, 7) is 2.92. The summed E-state index contributed by atoms with van der Waals surface area (Å²) in [6, 6.07) is 8.89. The van der Waals surface area contributed by atoms with Crippen molar-refractivity contribution in [2.24, 2.45) is 0 Å². The molecule has 1 unspecified atom stereocenters. The molecule has 0 aliphatic heterocycles. The number of aliphatic hydroxyl groups is 1. The Morgan fingerprint density at radius 2 is 1.95 bits per heavy atom. The standard InChI is InChI=1S/C17H28N2O/c1-4-15(18-2)14-9-5-6-10-16(14)19(3)13-17(20)11-7-8-12-17/h5-6,9-10,15,18,20H,4,7-8,11-13H2,1-3H3. The monoisotopic (exact) mass is 276 g/mol. The Morgan fingerprint density at radius 3 is 2.55 bits per heavy atom. The van der Waals surface area contributed by atoms with Gasteiger partial charge in [0.15, 0.2) is 0 Å². The molecule has 0 aromatic heterocycles. The van der Waals surface area contributed by atoms with Crippen LogP contribution in [0.25, 0.3) is 0 Å². The zero-order valence-electron chi connectivity index (χ0n) is 13.0. The van der Waals surface area contributed by atoms with E-state index in [0.29, 0.717) is 6.04 Å². The van der Waals surface area contributed by atoms with Crippen LogP contribution in [0.5, 0.6) is 0 Å². The molecule has 20 heavy (non-hydrogen) atoms. The third-order valence-corrected chi connectivity index (χ3v) is 4.55. The van der Waals surface area contributed by atoms with Gasteiger partial charge in [-0.1, -0.05) is 38.0 Å². The molecule has 3 heteroatoms. The van der Waals surface area contributed by atoms with E-state index >= 15 is 0 Å². The normalized spacial score (nSPS) is 19.0.